The summed E-state index contributed by atoms with van der Waals surface area (Å²) >= 11 is 0. The highest BCUT2D eigenvalue weighted by Gasteiger charge is 2.18. The van der Waals surface area contributed by atoms with Crippen molar-refractivity contribution in [3.05, 3.63) is 54.1 Å². The predicted molar refractivity (Wildman–Crippen MR) is 69.9 cm³/mol. The van der Waals surface area contributed by atoms with Gasteiger partial charge in [-0.15, -0.1) is 0 Å². The molecule has 0 bridgehead atoms. The van der Waals surface area contributed by atoms with Crippen molar-refractivity contribution < 1.29 is 9.53 Å². The van der Waals surface area contributed by atoms with E-state index in [1.807, 2.05) is 48.5 Å². The van der Waals surface area contributed by atoms with Crippen LogP contribution in [0.15, 0.2) is 48.5 Å². The number of aryl methyl sites for hydroxylation is 1. The zero-order chi connectivity index (χ0) is 12.4. The zero-order valence-corrected chi connectivity index (χ0v) is 9.85. The third kappa shape index (κ3) is 2.07. The summed E-state index contributed by atoms with van der Waals surface area (Å²) in [5, 5.41) is 2.88. The molecule has 3 rings (SSSR count). The number of hydrogen-bond acceptors (Lipinski definition) is 2. The molecule has 0 spiro atoms. The van der Waals surface area contributed by atoms with Crippen LogP contribution in [0.3, 0.4) is 0 Å². The Morgan fingerprint density at radius 3 is 2.61 bits per heavy atom. The molecule has 0 radical (unpaired) electrons. The normalized spacial score (nSPS) is 13.7. The van der Waals surface area contributed by atoms with Gasteiger partial charge in [-0.05, 0) is 30.2 Å². The molecule has 0 atom stereocenters. The fourth-order valence-electron chi connectivity index (χ4n) is 2.08. The van der Waals surface area contributed by atoms with Crippen LogP contribution in [0.25, 0.3) is 0 Å². The standard InChI is InChI=1S/C15H13NO2/c17-14-10-9-11-5-4-8-13(15(11)16-14)18-12-6-2-1-3-7-12/h1-8H,9-10H2,(H,16,17). The van der Waals surface area contributed by atoms with Gasteiger partial charge in [0.05, 0.1) is 5.69 Å². The monoisotopic (exact) mass is 239 g/mol. The molecular formula is C15H13NO2. The Hall–Kier alpha value is -2.29. The van der Waals surface area contributed by atoms with E-state index in [0.29, 0.717) is 12.2 Å². The van der Waals surface area contributed by atoms with E-state index >= 15 is 0 Å². The number of anilines is 1. The largest absolute Gasteiger partial charge is 0.455 e. The molecular weight excluding hydrogens is 226 g/mol. The van der Waals surface area contributed by atoms with Crippen molar-refractivity contribution in [2.45, 2.75) is 12.8 Å². The smallest absolute Gasteiger partial charge is 0.224 e. The van der Waals surface area contributed by atoms with Crippen LogP contribution in [-0.2, 0) is 11.2 Å². The lowest BCUT2D eigenvalue weighted by Gasteiger charge is -2.19. The number of rotatable bonds is 2. The molecule has 0 aliphatic carbocycles. The Kier molecular flexibility index (Phi) is 2.73. The van der Waals surface area contributed by atoms with E-state index in [4.69, 9.17) is 4.74 Å². The first-order valence-corrected chi connectivity index (χ1v) is 5.97. The Morgan fingerprint density at radius 2 is 1.78 bits per heavy atom. The number of carbonyl (C=O) groups excluding carboxylic acids is 1. The lowest BCUT2D eigenvalue weighted by atomic mass is 10.0. The third-order valence-corrected chi connectivity index (χ3v) is 2.97. The molecule has 0 saturated heterocycles. The van der Waals surface area contributed by atoms with Crippen LogP contribution in [-0.4, -0.2) is 5.91 Å². The van der Waals surface area contributed by atoms with E-state index in [9.17, 15) is 4.79 Å². The second kappa shape index (κ2) is 4.53. The maximum Gasteiger partial charge on any atom is 0.224 e. The summed E-state index contributed by atoms with van der Waals surface area (Å²) in [6, 6.07) is 15.4. The van der Waals surface area contributed by atoms with Gasteiger partial charge < -0.3 is 10.1 Å². The Morgan fingerprint density at radius 1 is 0.944 bits per heavy atom. The van der Waals surface area contributed by atoms with Crippen molar-refractivity contribution in [2.24, 2.45) is 0 Å². The predicted octanol–water partition coefficient (Wildman–Crippen LogP) is 3.36. The minimum atomic E-state index is 0.0478. The number of ether oxygens (including phenoxy) is 1. The average Bonchev–Trinajstić information content (AvgIpc) is 2.41. The summed E-state index contributed by atoms with van der Waals surface area (Å²) in [4.78, 5) is 11.5. The fraction of sp³-hybridized carbons (Fsp3) is 0.133. The molecule has 18 heavy (non-hydrogen) atoms. The molecule has 1 amide bonds. The molecule has 1 aliphatic heterocycles. The van der Waals surface area contributed by atoms with Crippen molar-refractivity contribution in [1.29, 1.82) is 0 Å². The van der Waals surface area contributed by atoms with Crippen molar-refractivity contribution in [1.82, 2.24) is 0 Å². The van der Waals surface area contributed by atoms with E-state index in [1.54, 1.807) is 0 Å². The molecule has 2 aromatic rings. The van der Waals surface area contributed by atoms with Gasteiger partial charge >= 0.3 is 0 Å². The van der Waals surface area contributed by atoms with E-state index < -0.39 is 0 Å². The molecule has 90 valence electrons. The Bertz CT molecular complexity index is 578. The van der Waals surface area contributed by atoms with Crippen LogP contribution in [0.5, 0.6) is 11.5 Å². The molecule has 0 saturated carbocycles. The second-order valence-corrected chi connectivity index (χ2v) is 4.25. The molecule has 0 aromatic heterocycles. The maximum atomic E-state index is 11.5. The van der Waals surface area contributed by atoms with Gasteiger partial charge in [0.2, 0.25) is 5.91 Å². The molecule has 0 fully saturated rings. The van der Waals surface area contributed by atoms with Gasteiger partial charge in [0.1, 0.15) is 5.75 Å². The summed E-state index contributed by atoms with van der Waals surface area (Å²) in [6.07, 6.45) is 1.31. The highest BCUT2D eigenvalue weighted by molar-refractivity contribution is 5.95. The average molecular weight is 239 g/mol. The van der Waals surface area contributed by atoms with Crippen molar-refractivity contribution >= 4 is 11.6 Å². The van der Waals surface area contributed by atoms with E-state index in [-0.39, 0.29) is 5.91 Å². The third-order valence-electron chi connectivity index (χ3n) is 2.97. The molecule has 3 nitrogen and oxygen atoms in total. The minimum Gasteiger partial charge on any atom is -0.455 e. The Labute approximate surface area is 105 Å². The van der Waals surface area contributed by atoms with Crippen LogP contribution in [0.1, 0.15) is 12.0 Å². The van der Waals surface area contributed by atoms with Gasteiger partial charge in [0.25, 0.3) is 0 Å². The van der Waals surface area contributed by atoms with Crippen LogP contribution in [0.2, 0.25) is 0 Å². The molecule has 3 heteroatoms. The van der Waals surface area contributed by atoms with Gasteiger partial charge in [-0.1, -0.05) is 30.3 Å². The summed E-state index contributed by atoms with van der Waals surface area (Å²) in [5.41, 5.74) is 1.93. The molecule has 0 unspecified atom stereocenters. The van der Waals surface area contributed by atoms with E-state index in [1.165, 1.54) is 0 Å². The lowest BCUT2D eigenvalue weighted by molar-refractivity contribution is -0.116. The molecule has 1 heterocycles. The van der Waals surface area contributed by atoms with Crippen LogP contribution in [0.4, 0.5) is 5.69 Å². The maximum absolute atomic E-state index is 11.5. The summed E-state index contributed by atoms with van der Waals surface area (Å²) in [5.74, 6) is 1.52. The highest BCUT2D eigenvalue weighted by Crippen LogP contribution is 2.35. The van der Waals surface area contributed by atoms with Crippen molar-refractivity contribution in [2.75, 3.05) is 5.32 Å². The van der Waals surface area contributed by atoms with Gasteiger partial charge in [0, 0.05) is 6.42 Å². The van der Waals surface area contributed by atoms with Crippen LogP contribution >= 0.6 is 0 Å². The van der Waals surface area contributed by atoms with E-state index in [2.05, 4.69) is 5.32 Å². The SMILES string of the molecule is O=C1CCc2cccc(Oc3ccccc3)c2N1. The van der Waals surface area contributed by atoms with Crippen LogP contribution in [0, 0.1) is 0 Å². The van der Waals surface area contributed by atoms with Gasteiger partial charge in [-0.25, -0.2) is 0 Å². The number of benzene rings is 2. The highest BCUT2D eigenvalue weighted by atomic mass is 16.5. The second-order valence-electron chi connectivity index (χ2n) is 4.25. The van der Waals surface area contributed by atoms with E-state index in [0.717, 1.165) is 23.4 Å². The number of fused-ring (bicyclic) bond motifs is 1. The summed E-state index contributed by atoms with van der Waals surface area (Å²) in [7, 11) is 0. The topological polar surface area (TPSA) is 38.3 Å². The molecule has 1 aliphatic rings. The minimum absolute atomic E-state index is 0.0478. The lowest BCUT2D eigenvalue weighted by Crippen LogP contribution is -2.19. The van der Waals surface area contributed by atoms with Gasteiger partial charge in [-0.2, -0.15) is 0 Å². The zero-order valence-electron chi connectivity index (χ0n) is 9.85. The number of amides is 1. The van der Waals surface area contributed by atoms with Gasteiger partial charge in [-0.3, -0.25) is 4.79 Å². The summed E-state index contributed by atoms with van der Waals surface area (Å²) < 4.78 is 5.81. The quantitative estimate of drug-likeness (QED) is 0.872. The molecule has 1 N–H and O–H groups in total. The number of para-hydroxylation sites is 2. The van der Waals surface area contributed by atoms with Crippen LogP contribution < -0.4 is 10.1 Å². The van der Waals surface area contributed by atoms with Crippen molar-refractivity contribution in [3.63, 3.8) is 0 Å². The van der Waals surface area contributed by atoms with Gasteiger partial charge in [0.15, 0.2) is 5.75 Å². The first-order chi connectivity index (χ1) is 8.83. The first-order valence-electron chi connectivity index (χ1n) is 5.97. The first kappa shape index (κ1) is 10.8. The van der Waals surface area contributed by atoms with Crippen molar-refractivity contribution in [3.8, 4) is 11.5 Å². The number of hydrogen-bond donors (Lipinski definition) is 1. The summed E-state index contributed by atoms with van der Waals surface area (Å²) in [6.45, 7) is 0. The Balaban J connectivity index is 1.95. The molecule has 2 aromatic carbocycles. The fourth-order valence-corrected chi connectivity index (χ4v) is 2.08. The number of carbonyl (C=O) groups is 1. The number of nitrogens with one attached hydrogen (secondary N) is 1.